The highest BCUT2D eigenvalue weighted by Crippen LogP contribution is 2.39. The molecule has 226 valence electrons. The molecule has 0 bridgehead atoms. The van der Waals surface area contributed by atoms with Gasteiger partial charge in [-0.15, -0.1) is 0 Å². The summed E-state index contributed by atoms with van der Waals surface area (Å²) in [4.78, 5) is 22.4. The SMILES string of the molecule is CNC[C@@H](O)COc1ccc(Cl)c(-c2nc(-c3c(C)noc3C)c(C)c(N3Cc4cnc(N5CC(F)(F)C5)nc4C3)n2)c1. The van der Waals surface area contributed by atoms with E-state index in [1.807, 2.05) is 20.8 Å². The third-order valence-electron chi connectivity index (χ3n) is 7.52. The van der Waals surface area contributed by atoms with Crippen molar-refractivity contribution in [3.8, 4) is 28.4 Å². The second-order valence-electron chi connectivity index (χ2n) is 10.9. The average Bonchev–Trinajstić information content (AvgIpc) is 3.53. The molecule has 0 amide bonds. The molecule has 6 rings (SSSR count). The number of halogens is 3. The third kappa shape index (κ3) is 5.71. The highest BCUT2D eigenvalue weighted by atomic mass is 35.5. The van der Waals surface area contributed by atoms with Gasteiger partial charge in [0, 0.05) is 36.0 Å². The van der Waals surface area contributed by atoms with Gasteiger partial charge >= 0.3 is 0 Å². The van der Waals surface area contributed by atoms with E-state index in [0.29, 0.717) is 70.7 Å². The molecule has 2 aliphatic rings. The van der Waals surface area contributed by atoms with Crippen molar-refractivity contribution in [2.75, 3.05) is 43.1 Å². The van der Waals surface area contributed by atoms with E-state index in [2.05, 4.69) is 25.3 Å². The van der Waals surface area contributed by atoms with Crippen molar-refractivity contribution in [1.82, 2.24) is 30.4 Å². The average molecular weight is 613 g/mol. The van der Waals surface area contributed by atoms with Crippen LogP contribution in [0.1, 0.15) is 28.3 Å². The minimum absolute atomic E-state index is 0.0936. The molecule has 0 spiro atoms. The van der Waals surface area contributed by atoms with Crippen molar-refractivity contribution in [2.45, 2.75) is 45.9 Å². The summed E-state index contributed by atoms with van der Waals surface area (Å²) in [5, 5.41) is 17.6. The first-order valence-electron chi connectivity index (χ1n) is 13.8. The number of likely N-dealkylation sites (N-methyl/N-ethyl adjacent to an activating group) is 1. The largest absolute Gasteiger partial charge is 0.491 e. The predicted molar refractivity (Wildman–Crippen MR) is 157 cm³/mol. The van der Waals surface area contributed by atoms with Crippen LogP contribution in [-0.4, -0.2) is 75.5 Å². The molecule has 1 fully saturated rings. The number of fused-ring (bicyclic) bond motifs is 1. The number of hydrogen-bond donors (Lipinski definition) is 2. The molecule has 1 atom stereocenters. The van der Waals surface area contributed by atoms with Crippen LogP contribution in [0.5, 0.6) is 5.75 Å². The Morgan fingerprint density at radius 2 is 1.93 bits per heavy atom. The lowest BCUT2D eigenvalue weighted by atomic mass is 10.0. The molecule has 2 N–H and O–H groups in total. The van der Waals surface area contributed by atoms with Gasteiger partial charge in [-0.05, 0) is 46.0 Å². The normalized spacial score (nSPS) is 16.3. The first kappa shape index (κ1) is 29.1. The van der Waals surface area contributed by atoms with Gasteiger partial charge in [0.15, 0.2) is 5.82 Å². The molecular formula is C29H31ClF2N8O3. The highest BCUT2D eigenvalue weighted by molar-refractivity contribution is 6.33. The first-order valence-corrected chi connectivity index (χ1v) is 14.2. The fourth-order valence-corrected chi connectivity index (χ4v) is 5.55. The van der Waals surface area contributed by atoms with Gasteiger partial charge in [0.2, 0.25) is 5.95 Å². The van der Waals surface area contributed by atoms with Crippen LogP contribution in [0.25, 0.3) is 22.6 Å². The maximum atomic E-state index is 13.5. The number of benzene rings is 1. The first-order chi connectivity index (χ1) is 20.5. The number of ether oxygens (including phenoxy) is 1. The number of alkyl halides is 2. The van der Waals surface area contributed by atoms with Crippen LogP contribution < -0.4 is 19.9 Å². The number of rotatable bonds is 9. The maximum absolute atomic E-state index is 13.5. The van der Waals surface area contributed by atoms with E-state index < -0.39 is 12.0 Å². The molecule has 5 heterocycles. The molecule has 11 nitrogen and oxygen atoms in total. The summed E-state index contributed by atoms with van der Waals surface area (Å²) < 4.78 is 38.2. The Hall–Kier alpha value is -3.94. The topological polar surface area (TPSA) is 126 Å². The Morgan fingerprint density at radius 1 is 1.14 bits per heavy atom. The van der Waals surface area contributed by atoms with Gasteiger partial charge in [-0.3, -0.25) is 0 Å². The van der Waals surface area contributed by atoms with E-state index in [-0.39, 0.29) is 19.7 Å². The van der Waals surface area contributed by atoms with Crippen LogP contribution in [-0.2, 0) is 13.1 Å². The predicted octanol–water partition coefficient (Wildman–Crippen LogP) is 4.10. The van der Waals surface area contributed by atoms with Crippen molar-refractivity contribution in [3.63, 3.8) is 0 Å². The van der Waals surface area contributed by atoms with Gasteiger partial charge in [0.1, 0.15) is 30.0 Å². The number of aliphatic hydroxyl groups is 1. The molecule has 1 aromatic carbocycles. The second kappa shape index (κ2) is 11.3. The van der Waals surface area contributed by atoms with Gasteiger partial charge in [-0.25, -0.2) is 28.7 Å². The van der Waals surface area contributed by atoms with Crippen molar-refractivity contribution in [2.24, 2.45) is 0 Å². The van der Waals surface area contributed by atoms with Crippen molar-refractivity contribution in [1.29, 1.82) is 0 Å². The molecule has 14 heteroatoms. The van der Waals surface area contributed by atoms with Crippen molar-refractivity contribution < 1.29 is 23.1 Å². The number of nitrogens with one attached hydrogen (secondary N) is 1. The maximum Gasteiger partial charge on any atom is 0.282 e. The molecule has 1 saturated heterocycles. The van der Waals surface area contributed by atoms with E-state index in [9.17, 15) is 13.9 Å². The molecular weight excluding hydrogens is 582 g/mol. The number of hydrogen-bond acceptors (Lipinski definition) is 11. The summed E-state index contributed by atoms with van der Waals surface area (Å²) in [6.07, 6.45) is 1.01. The van der Waals surface area contributed by atoms with E-state index >= 15 is 0 Å². The lowest BCUT2D eigenvalue weighted by molar-refractivity contribution is -0.0272. The van der Waals surface area contributed by atoms with E-state index in [0.717, 1.165) is 22.4 Å². The molecule has 0 radical (unpaired) electrons. The zero-order valence-electron chi connectivity index (χ0n) is 24.2. The smallest absolute Gasteiger partial charge is 0.282 e. The van der Waals surface area contributed by atoms with Gasteiger partial charge in [-0.2, -0.15) is 0 Å². The molecule has 0 saturated carbocycles. The summed E-state index contributed by atoms with van der Waals surface area (Å²) in [7, 11) is 1.75. The molecule has 3 aromatic heterocycles. The number of aromatic nitrogens is 5. The Morgan fingerprint density at radius 3 is 2.63 bits per heavy atom. The van der Waals surface area contributed by atoms with Gasteiger partial charge in [0.25, 0.3) is 5.92 Å². The van der Waals surface area contributed by atoms with Crippen LogP contribution in [0, 0.1) is 20.8 Å². The Balaban J connectivity index is 1.38. The third-order valence-corrected chi connectivity index (χ3v) is 7.85. The van der Waals surface area contributed by atoms with Gasteiger partial charge in [-0.1, -0.05) is 16.8 Å². The fourth-order valence-electron chi connectivity index (χ4n) is 5.35. The van der Waals surface area contributed by atoms with Crippen LogP contribution in [0.4, 0.5) is 20.5 Å². The standard InChI is InChI=1S/C29H31ClF2N8O3/c1-15-25(24-16(2)38-43-17(24)3)36-26(21-7-20(5-6-22(21)30)42-12-19(41)9-33-4)37-27(15)39-10-18-8-34-28(35-23(18)11-39)40-13-29(31,32)14-40/h5-8,19,33,41H,9-14H2,1-4H3/t19-/m1/s1. The molecule has 0 aliphatic carbocycles. The number of nitrogens with zero attached hydrogens (tertiary/aromatic N) is 7. The number of anilines is 2. The molecule has 4 aromatic rings. The monoisotopic (exact) mass is 612 g/mol. The number of aliphatic hydroxyl groups excluding tert-OH is 1. The quantitative estimate of drug-likeness (QED) is 0.284. The highest BCUT2D eigenvalue weighted by Gasteiger charge is 2.45. The Labute approximate surface area is 251 Å². The van der Waals surface area contributed by atoms with Crippen LogP contribution in [0.15, 0.2) is 28.9 Å². The summed E-state index contributed by atoms with van der Waals surface area (Å²) >= 11 is 6.68. The zero-order valence-corrected chi connectivity index (χ0v) is 24.9. The number of aryl methyl sites for hydroxylation is 2. The summed E-state index contributed by atoms with van der Waals surface area (Å²) in [6.45, 7) is 6.22. The zero-order chi connectivity index (χ0) is 30.5. The summed E-state index contributed by atoms with van der Waals surface area (Å²) in [5.41, 5.74) is 5.10. The molecule has 2 aliphatic heterocycles. The van der Waals surface area contributed by atoms with E-state index in [4.69, 9.17) is 30.8 Å². The van der Waals surface area contributed by atoms with Gasteiger partial charge in [0.05, 0.1) is 47.3 Å². The summed E-state index contributed by atoms with van der Waals surface area (Å²) in [5.74, 6) is -0.273. The van der Waals surface area contributed by atoms with Crippen molar-refractivity contribution >= 4 is 23.4 Å². The van der Waals surface area contributed by atoms with Crippen LogP contribution in [0.2, 0.25) is 5.02 Å². The fraction of sp³-hybridized carbons (Fsp3) is 0.414. The molecule has 43 heavy (non-hydrogen) atoms. The minimum Gasteiger partial charge on any atom is -0.491 e. The minimum atomic E-state index is -2.71. The molecule has 0 unspecified atom stereocenters. The lowest BCUT2D eigenvalue weighted by Gasteiger charge is -2.38. The van der Waals surface area contributed by atoms with Crippen molar-refractivity contribution in [3.05, 3.63) is 57.7 Å². The van der Waals surface area contributed by atoms with E-state index in [1.54, 1.807) is 31.4 Å². The van der Waals surface area contributed by atoms with Gasteiger partial charge < -0.3 is 29.5 Å². The van der Waals surface area contributed by atoms with Crippen LogP contribution in [0.3, 0.4) is 0 Å². The summed E-state index contributed by atoms with van der Waals surface area (Å²) in [6, 6.07) is 5.18. The Bertz CT molecular complexity index is 1660. The van der Waals surface area contributed by atoms with E-state index in [1.165, 1.54) is 4.90 Å². The lowest BCUT2D eigenvalue weighted by Crippen LogP contribution is -2.57. The second-order valence-corrected chi connectivity index (χ2v) is 11.3. The Kier molecular flexibility index (Phi) is 7.65. The van der Waals surface area contributed by atoms with Crippen LogP contribution >= 0.6 is 11.6 Å².